The van der Waals surface area contributed by atoms with Gasteiger partial charge in [0.15, 0.2) is 10.8 Å². The highest BCUT2D eigenvalue weighted by molar-refractivity contribution is 7.99. The molecule has 3 heterocycles. The predicted molar refractivity (Wildman–Crippen MR) is 103 cm³/mol. The predicted octanol–water partition coefficient (Wildman–Crippen LogP) is 4.60. The maximum Gasteiger partial charge on any atom is 0.381 e. The first-order valence-electron chi connectivity index (χ1n) is 8.79. The molecule has 0 bridgehead atoms. The fraction of sp³-hybridized carbons (Fsp3) is 0.263. The Hall–Kier alpha value is -2.87. The maximum atomic E-state index is 12.5. The first-order valence-corrected chi connectivity index (χ1v) is 9.78. The van der Waals surface area contributed by atoms with Gasteiger partial charge < -0.3 is 9.15 Å². The van der Waals surface area contributed by atoms with E-state index in [0.29, 0.717) is 21.8 Å². The molecule has 8 heteroatoms. The van der Waals surface area contributed by atoms with Crippen LogP contribution in [-0.4, -0.2) is 31.9 Å². The molecule has 0 unspecified atom stereocenters. The van der Waals surface area contributed by atoms with Gasteiger partial charge in [-0.2, -0.15) is 10.1 Å². The summed E-state index contributed by atoms with van der Waals surface area (Å²) in [5, 5.41) is 8.73. The molecule has 0 aliphatic heterocycles. The Labute approximate surface area is 159 Å². The van der Waals surface area contributed by atoms with E-state index in [1.54, 1.807) is 18.3 Å². The van der Waals surface area contributed by atoms with Crippen molar-refractivity contribution in [3.05, 3.63) is 42.3 Å². The minimum Gasteiger partial charge on any atom is -0.449 e. The van der Waals surface area contributed by atoms with Crippen molar-refractivity contribution in [2.75, 3.05) is 5.75 Å². The van der Waals surface area contributed by atoms with E-state index in [4.69, 9.17) is 9.15 Å². The van der Waals surface area contributed by atoms with Crippen LogP contribution in [0.1, 0.15) is 36.7 Å². The number of para-hydroxylation sites is 1. The van der Waals surface area contributed by atoms with E-state index in [-0.39, 0.29) is 11.6 Å². The van der Waals surface area contributed by atoms with E-state index >= 15 is 0 Å². The highest BCUT2D eigenvalue weighted by atomic mass is 32.2. The lowest BCUT2D eigenvalue weighted by molar-refractivity contribution is 0.0698. The first kappa shape index (κ1) is 17.5. The van der Waals surface area contributed by atoms with Gasteiger partial charge in [0, 0.05) is 11.1 Å². The lowest BCUT2D eigenvalue weighted by atomic mass is 10.2. The monoisotopic (exact) mass is 382 g/mol. The molecule has 27 heavy (non-hydrogen) atoms. The minimum absolute atomic E-state index is 0.128. The number of nitrogens with one attached hydrogen (secondary N) is 1. The van der Waals surface area contributed by atoms with Gasteiger partial charge in [0.2, 0.25) is 11.6 Å². The number of fused-ring (bicyclic) bond motifs is 2. The molecule has 4 aromatic rings. The van der Waals surface area contributed by atoms with Crippen molar-refractivity contribution in [3.63, 3.8) is 0 Å². The number of hydrogen-bond donors (Lipinski definition) is 1. The van der Waals surface area contributed by atoms with Crippen LogP contribution < -0.4 is 4.74 Å². The molecule has 0 saturated carbocycles. The fourth-order valence-corrected chi connectivity index (χ4v) is 3.50. The van der Waals surface area contributed by atoms with Gasteiger partial charge in [-0.3, -0.25) is 5.10 Å². The summed E-state index contributed by atoms with van der Waals surface area (Å²) in [7, 11) is 0. The topological polar surface area (TPSA) is 93.9 Å². The molecule has 7 nitrogen and oxygen atoms in total. The van der Waals surface area contributed by atoms with Crippen LogP contribution in [0.5, 0.6) is 5.88 Å². The molecule has 1 aromatic carbocycles. The van der Waals surface area contributed by atoms with Gasteiger partial charge >= 0.3 is 5.97 Å². The Morgan fingerprint density at radius 3 is 3.00 bits per heavy atom. The number of H-pyrrole nitrogens is 1. The molecule has 0 fully saturated rings. The van der Waals surface area contributed by atoms with Gasteiger partial charge in [-0.15, -0.1) is 0 Å². The zero-order valence-electron chi connectivity index (χ0n) is 14.8. The summed E-state index contributed by atoms with van der Waals surface area (Å²) < 4.78 is 11.1. The highest BCUT2D eigenvalue weighted by Crippen LogP contribution is 2.27. The molecule has 0 spiro atoms. The van der Waals surface area contributed by atoms with Gasteiger partial charge in [-0.1, -0.05) is 49.7 Å². The Morgan fingerprint density at radius 2 is 2.15 bits per heavy atom. The zero-order chi connectivity index (χ0) is 18.6. The van der Waals surface area contributed by atoms with E-state index in [9.17, 15) is 4.79 Å². The van der Waals surface area contributed by atoms with Crippen LogP contribution in [0.25, 0.3) is 22.0 Å². The summed E-state index contributed by atoms with van der Waals surface area (Å²) >= 11 is 1.53. The van der Waals surface area contributed by atoms with Crippen molar-refractivity contribution in [2.45, 2.75) is 31.3 Å². The Bertz CT molecular complexity index is 1060. The number of aromatic nitrogens is 4. The van der Waals surface area contributed by atoms with Crippen molar-refractivity contribution in [3.8, 4) is 5.88 Å². The van der Waals surface area contributed by atoms with Gasteiger partial charge in [-0.25, -0.2) is 9.78 Å². The Kier molecular flexibility index (Phi) is 5.06. The van der Waals surface area contributed by atoms with Crippen molar-refractivity contribution in [1.29, 1.82) is 0 Å². The fourth-order valence-electron chi connectivity index (χ4n) is 2.67. The summed E-state index contributed by atoms with van der Waals surface area (Å²) in [6.45, 7) is 2.16. The van der Waals surface area contributed by atoms with Crippen LogP contribution in [0.4, 0.5) is 0 Å². The number of rotatable bonds is 7. The van der Waals surface area contributed by atoms with E-state index < -0.39 is 5.97 Å². The standard InChI is InChI=1S/C19H18N4O3S/c1-2-3-6-9-27-19-21-16-13(11-20-23-16)17(22-19)26-18(24)15-10-12-7-4-5-8-14(12)25-15/h4-5,7-8,10-11H,2-3,6,9H2,1H3,(H,20,21,22,23). The molecule has 0 aliphatic rings. The quantitative estimate of drug-likeness (QED) is 0.216. The molecule has 0 atom stereocenters. The largest absolute Gasteiger partial charge is 0.449 e. The number of carbonyl (C=O) groups is 1. The van der Waals surface area contributed by atoms with E-state index in [1.165, 1.54) is 11.8 Å². The van der Waals surface area contributed by atoms with E-state index in [0.717, 1.165) is 30.4 Å². The number of nitrogens with zero attached hydrogens (tertiary/aromatic N) is 3. The molecular weight excluding hydrogens is 364 g/mol. The van der Waals surface area contributed by atoms with Gasteiger partial charge in [0.25, 0.3) is 0 Å². The van der Waals surface area contributed by atoms with Crippen molar-refractivity contribution in [1.82, 2.24) is 20.2 Å². The first-order chi connectivity index (χ1) is 13.2. The summed E-state index contributed by atoms with van der Waals surface area (Å²) in [6, 6.07) is 9.07. The number of benzene rings is 1. The van der Waals surface area contributed by atoms with Crippen LogP contribution in [-0.2, 0) is 0 Å². The molecule has 0 saturated heterocycles. The lowest BCUT2D eigenvalue weighted by Gasteiger charge is -2.05. The number of thioether (sulfide) groups is 1. The highest BCUT2D eigenvalue weighted by Gasteiger charge is 2.19. The molecular formula is C19H18N4O3S. The smallest absolute Gasteiger partial charge is 0.381 e. The van der Waals surface area contributed by atoms with Crippen LogP contribution in [0.2, 0.25) is 0 Å². The van der Waals surface area contributed by atoms with Crippen LogP contribution in [0.15, 0.2) is 46.1 Å². The second-order valence-electron chi connectivity index (χ2n) is 6.04. The Balaban J connectivity index is 1.58. The third kappa shape index (κ3) is 3.80. The van der Waals surface area contributed by atoms with Crippen molar-refractivity contribution >= 4 is 39.7 Å². The van der Waals surface area contributed by atoms with Crippen LogP contribution in [0, 0.1) is 0 Å². The summed E-state index contributed by atoms with van der Waals surface area (Å²) in [4.78, 5) is 21.4. The van der Waals surface area contributed by atoms with Crippen molar-refractivity contribution in [2.24, 2.45) is 0 Å². The molecule has 0 aliphatic carbocycles. The van der Waals surface area contributed by atoms with Gasteiger partial charge in [0.1, 0.15) is 11.0 Å². The zero-order valence-corrected chi connectivity index (χ0v) is 15.6. The minimum atomic E-state index is -0.602. The van der Waals surface area contributed by atoms with Gasteiger partial charge in [0.05, 0.1) is 6.20 Å². The number of furan rings is 1. The number of esters is 1. The Morgan fingerprint density at radius 1 is 1.26 bits per heavy atom. The average Bonchev–Trinajstić information content (AvgIpc) is 3.32. The normalized spacial score (nSPS) is 11.3. The molecule has 0 radical (unpaired) electrons. The number of carbonyl (C=O) groups excluding carboxylic acids is 1. The van der Waals surface area contributed by atoms with Crippen molar-refractivity contribution < 1.29 is 13.9 Å². The van der Waals surface area contributed by atoms with Crippen LogP contribution >= 0.6 is 11.8 Å². The number of aromatic amines is 1. The van der Waals surface area contributed by atoms with E-state index in [1.807, 2.05) is 18.2 Å². The average molecular weight is 382 g/mol. The number of unbranched alkanes of at least 4 members (excludes halogenated alkanes) is 2. The summed E-state index contributed by atoms with van der Waals surface area (Å²) in [5.74, 6) is 0.611. The SMILES string of the molecule is CCCCCSc1nc(OC(=O)c2cc3ccccc3o2)c2cn[nH]c2n1. The van der Waals surface area contributed by atoms with E-state index in [2.05, 4.69) is 27.1 Å². The summed E-state index contributed by atoms with van der Waals surface area (Å²) in [5.41, 5.74) is 1.17. The molecule has 4 rings (SSSR count). The third-order valence-electron chi connectivity index (χ3n) is 4.05. The van der Waals surface area contributed by atoms with Crippen LogP contribution in [0.3, 0.4) is 0 Å². The third-order valence-corrected chi connectivity index (χ3v) is 4.98. The second kappa shape index (κ2) is 7.79. The lowest BCUT2D eigenvalue weighted by Crippen LogP contribution is -2.09. The number of hydrogen-bond acceptors (Lipinski definition) is 7. The second-order valence-corrected chi connectivity index (χ2v) is 7.10. The molecule has 3 aromatic heterocycles. The van der Waals surface area contributed by atoms with Gasteiger partial charge in [-0.05, 0) is 18.6 Å². The molecule has 138 valence electrons. The maximum absolute atomic E-state index is 12.5. The number of ether oxygens (including phenoxy) is 1. The molecule has 0 amide bonds. The molecule has 1 N–H and O–H groups in total. The summed E-state index contributed by atoms with van der Waals surface area (Å²) in [6.07, 6.45) is 4.94.